The molecule has 1 unspecified atom stereocenters. The van der Waals surface area contributed by atoms with Crippen molar-refractivity contribution < 1.29 is 23.0 Å². The Morgan fingerprint density at radius 3 is 2.17 bits per heavy atom. The molecule has 0 amide bonds. The summed E-state index contributed by atoms with van der Waals surface area (Å²) in [4.78, 5) is 0. The van der Waals surface area contributed by atoms with Gasteiger partial charge in [-0.1, -0.05) is 80.1 Å². The number of aliphatic hydroxyl groups excluding tert-OH is 1. The quantitative estimate of drug-likeness (QED) is 0.134. The van der Waals surface area contributed by atoms with Crippen molar-refractivity contribution in [2.45, 2.75) is 51.6 Å². The number of hydrogen-bond donors (Lipinski definition) is 1. The SMILES string of the molecule is C=CCCCOc1ccc(-c2ccc(CCc3ccc(-c4ccc(C(O)CCC)cc4)c(F)c3F)cc2)c(F)c1. The van der Waals surface area contributed by atoms with Gasteiger partial charge in [-0.05, 0) is 72.1 Å². The maximum absolute atomic E-state index is 15.0. The molecule has 0 heterocycles. The van der Waals surface area contributed by atoms with Crippen molar-refractivity contribution in [2.75, 3.05) is 6.61 Å². The van der Waals surface area contributed by atoms with Gasteiger partial charge in [0.15, 0.2) is 11.6 Å². The number of unbranched alkanes of at least 4 members (excludes halogenated alkanes) is 1. The van der Waals surface area contributed by atoms with E-state index in [0.29, 0.717) is 48.3 Å². The zero-order chi connectivity index (χ0) is 28.5. The van der Waals surface area contributed by atoms with Crippen LogP contribution in [0.2, 0.25) is 0 Å². The topological polar surface area (TPSA) is 29.5 Å². The zero-order valence-electron chi connectivity index (χ0n) is 22.8. The number of ether oxygens (including phenoxy) is 1. The van der Waals surface area contributed by atoms with Gasteiger partial charge in [0, 0.05) is 17.2 Å². The number of hydrogen-bond acceptors (Lipinski definition) is 2. The van der Waals surface area contributed by atoms with Crippen LogP contribution in [0.25, 0.3) is 22.3 Å². The molecule has 0 aliphatic carbocycles. The van der Waals surface area contributed by atoms with Crippen LogP contribution < -0.4 is 4.74 Å². The predicted molar refractivity (Wildman–Crippen MR) is 156 cm³/mol. The molecule has 0 aromatic heterocycles. The molecular formula is C35H35F3O2. The summed E-state index contributed by atoms with van der Waals surface area (Å²) in [5, 5.41) is 10.1. The van der Waals surface area contributed by atoms with E-state index in [2.05, 4.69) is 6.58 Å². The number of aryl methyl sites for hydroxylation is 2. The molecule has 4 aromatic rings. The lowest BCUT2D eigenvalue weighted by Crippen LogP contribution is -2.00. The van der Waals surface area contributed by atoms with E-state index in [9.17, 15) is 18.3 Å². The van der Waals surface area contributed by atoms with Crippen LogP contribution in [0.15, 0.2) is 91.5 Å². The molecular weight excluding hydrogens is 509 g/mol. The maximum atomic E-state index is 15.0. The predicted octanol–water partition coefficient (Wildman–Crippen LogP) is 9.40. The van der Waals surface area contributed by atoms with Crippen molar-refractivity contribution in [3.05, 3.63) is 126 Å². The summed E-state index contributed by atoms with van der Waals surface area (Å²) in [7, 11) is 0. The van der Waals surface area contributed by atoms with Crippen molar-refractivity contribution in [3.63, 3.8) is 0 Å². The summed E-state index contributed by atoms with van der Waals surface area (Å²) < 4.78 is 50.3. The van der Waals surface area contributed by atoms with Gasteiger partial charge in [0.2, 0.25) is 0 Å². The minimum atomic E-state index is -0.877. The van der Waals surface area contributed by atoms with Gasteiger partial charge in [0.25, 0.3) is 0 Å². The first kappa shape index (κ1) is 29.2. The van der Waals surface area contributed by atoms with E-state index < -0.39 is 17.7 Å². The third-order valence-corrected chi connectivity index (χ3v) is 7.04. The van der Waals surface area contributed by atoms with Gasteiger partial charge in [0.1, 0.15) is 11.6 Å². The normalized spacial score (nSPS) is 11.8. The van der Waals surface area contributed by atoms with Crippen molar-refractivity contribution in [1.29, 1.82) is 0 Å². The minimum absolute atomic E-state index is 0.192. The molecule has 208 valence electrons. The Kier molecular flexibility index (Phi) is 10.2. The Morgan fingerprint density at radius 2 is 1.50 bits per heavy atom. The highest BCUT2D eigenvalue weighted by Gasteiger charge is 2.16. The van der Waals surface area contributed by atoms with Crippen molar-refractivity contribution in [3.8, 4) is 28.0 Å². The lowest BCUT2D eigenvalue weighted by Gasteiger charge is -2.12. The zero-order valence-corrected chi connectivity index (χ0v) is 22.8. The molecule has 0 aliphatic rings. The van der Waals surface area contributed by atoms with Crippen molar-refractivity contribution in [2.24, 2.45) is 0 Å². The molecule has 0 aliphatic heterocycles. The van der Waals surface area contributed by atoms with E-state index in [0.717, 1.165) is 36.0 Å². The van der Waals surface area contributed by atoms with Crippen LogP contribution >= 0.6 is 0 Å². The first-order valence-corrected chi connectivity index (χ1v) is 13.8. The molecule has 0 saturated carbocycles. The van der Waals surface area contributed by atoms with Gasteiger partial charge >= 0.3 is 0 Å². The second kappa shape index (κ2) is 14.0. The number of halogens is 3. The molecule has 5 heteroatoms. The van der Waals surface area contributed by atoms with Crippen LogP contribution in [0, 0.1) is 17.5 Å². The molecule has 0 fully saturated rings. The first-order chi connectivity index (χ1) is 19.4. The Bertz CT molecular complexity index is 1410. The van der Waals surface area contributed by atoms with Gasteiger partial charge in [-0.25, -0.2) is 13.2 Å². The smallest absolute Gasteiger partial charge is 0.166 e. The lowest BCUT2D eigenvalue weighted by atomic mass is 9.96. The van der Waals surface area contributed by atoms with Gasteiger partial charge in [-0.2, -0.15) is 0 Å². The molecule has 40 heavy (non-hydrogen) atoms. The lowest BCUT2D eigenvalue weighted by molar-refractivity contribution is 0.166. The molecule has 1 N–H and O–H groups in total. The number of benzene rings is 4. The van der Waals surface area contributed by atoms with E-state index in [1.54, 1.807) is 48.5 Å². The van der Waals surface area contributed by atoms with Gasteiger partial charge in [-0.3, -0.25) is 0 Å². The molecule has 2 nitrogen and oxygen atoms in total. The van der Waals surface area contributed by atoms with E-state index in [1.165, 1.54) is 6.07 Å². The fourth-order valence-corrected chi connectivity index (χ4v) is 4.70. The molecule has 1 atom stereocenters. The minimum Gasteiger partial charge on any atom is -0.493 e. The fraction of sp³-hybridized carbons (Fsp3) is 0.257. The Balaban J connectivity index is 1.39. The Hall–Kier alpha value is -3.83. The van der Waals surface area contributed by atoms with Crippen LogP contribution in [-0.4, -0.2) is 11.7 Å². The summed E-state index contributed by atoms with van der Waals surface area (Å²) in [5.74, 6) is -1.60. The van der Waals surface area contributed by atoms with Gasteiger partial charge in [-0.15, -0.1) is 6.58 Å². The molecule has 0 bridgehead atoms. The first-order valence-electron chi connectivity index (χ1n) is 13.8. The number of aliphatic hydroxyl groups is 1. The summed E-state index contributed by atoms with van der Waals surface area (Å²) >= 11 is 0. The van der Waals surface area contributed by atoms with Crippen LogP contribution in [0.3, 0.4) is 0 Å². The third-order valence-electron chi connectivity index (χ3n) is 7.04. The van der Waals surface area contributed by atoms with E-state index in [4.69, 9.17) is 4.74 Å². The third kappa shape index (κ3) is 7.22. The van der Waals surface area contributed by atoms with E-state index in [-0.39, 0.29) is 11.4 Å². The average molecular weight is 545 g/mol. The standard InChI is InChI=1S/C35H35F3O2/c1-3-5-6-22-40-29-19-21-30(32(36)23-29)25-11-8-24(9-12-25)10-13-28-18-20-31(35(38)34(28)37)26-14-16-27(17-15-26)33(39)7-4-2/h3,8-9,11-12,14-21,23,33,39H,1,4-7,10,13,22H2,2H3. The van der Waals surface area contributed by atoms with Crippen LogP contribution in [0.4, 0.5) is 13.2 Å². The largest absolute Gasteiger partial charge is 0.493 e. The number of rotatable bonds is 13. The molecule has 0 radical (unpaired) electrons. The highest BCUT2D eigenvalue weighted by Crippen LogP contribution is 2.30. The summed E-state index contributed by atoms with van der Waals surface area (Å²) in [6.45, 7) is 6.18. The second-order valence-electron chi connectivity index (χ2n) is 9.94. The second-order valence-corrected chi connectivity index (χ2v) is 9.94. The molecule has 4 rings (SSSR count). The van der Waals surface area contributed by atoms with E-state index in [1.807, 2.05) is 37.3 Å². The Morgan fingerprint density at radius 1 is 0.825 bits per heavy atom. The fourth-order valence-electron chi connectivity index (χ4n) is 4.70. The van der Waals surface area contributed by atoms with Crippen molar-refractivity contribution in [1.82, 2.24) is 0 Å². The van der Waals surface area contributed by atoms with Gasteiger partial charge < -0.3 is 9.84 Å². The maximum Gasteiger partial charge on any atom is 0.166 e. The van der Waals surface area contributed by atoms with Gasteiger partial charge in [0.05, 0.1) is 12.7 Å². The summed E-state index contributed by atoms with van der Waals surface area (Å²) in [6.07, 6.45) is 5.28. The van der Waals surface area contributed by atoms with Crippen LogP contribution in [-0.2, 0) is 12.8 Å². The van der Waals surface area contributed by atoms with Crippen molar-refractivity contribution >= 4 is 0 Å². The summed E-state index contributed by atoms with van der Waals surface area (Å²) in [6, 6.07) is 22.4. The average Bonchev–Trinajstić information content (AvgIpc) is 2.97. The molecule has 4 aromatic carbocycles. The molecule has 0 spiro atoms. The monoisotopic (exact) mass is 544 g/mol. The van der Waals surface area contributed by atoms with E-state index >= 15 is 0 Å². The number of allylic oxidation sites excluding steroid dienone is 1. The van der Waals surface area contributed by atoms with Crippen LogP contribution in [0.1, 0.15) is 55.4 Å². The highest BCUT2D eigenvalue weighted by molar-refractivity contribution is 5.66. The van der Waals surface area contributed by atoms with Crippen LogP contribution in [0.5, 0.6) is 5.75 Å². The Labute approximate surface area is 234 Å². The molecule has 0 saturated heterocycles. The summed E-state index contributed by atoms with van der Waals surface area (Å²) in [5.41, 5.74) is 3.96. The highest BCUT2D eigenvalue weighted by atomic mass is 19.2.